The van der Waals surface area contributed by atoms with Crippen LogP contribution in [0.3, 0.4) is 0 Å². The number of halogens is 5. The molecule has 6 nitrogen and oxygen atoms in total. The second-order valence-corrected chi connectivity index (χ2v) is 9.24. The van der Waals surface area contributed by atoms with Gasteiger partial charge < -0.3 is 5.32 Å². The van der Waals surface area contributed by atoms with Crippen molar-refractivity contribution in [3.63, 3.8) is 0 Å². The molecule has 0 aliphatic carbocycles. The van der Waals surface area contributed by atoms with E-state index in [1.165, 1.54) is 18.3 Å². The Morgan fingerprint density at radius 3 is 2.44 bits per heavy atom. The summed E-state index contributed by atoms with van der Waals surface area (Å²) < 4.78 is 91.7. The van der Waals surface area contributed by atoms with Crippen LogP contribution in [-0.4, -0.2) is 42.4 Å². The Bertz CT molecular complexity index is 1070. The molecule has 1 N–H and O–H groups in total. The molecule has 2 aromatic rings. The van der Waals surface area contributed by atoms with Gasteiger partial charge in [-0.15, -0.1) is 0 Å². The lowest BCUT2D eigenvalue weighted by molar-refractivity contribution is -0.134. The highest BCUT2D eigenvalue weighted by Gasteiger charge is 2.36. The predicted molar refractivity (Wildman–Crippen MR) is 104 cm³/mol. The van der Waals surface area contributed by atoms with Crippen molar-refractivity contribution >= 4 is 15.9 Å². The van der Waals surface area contributed by atoms with Gasteiger partial charge in [0.15, 0.2) is 0 Å². The third kappa shape index (κ3) is 6.00. The Hall–Kier alpha value is -2.60. The van der Waals surface area contributed by atoms with Crippen molar-refractivity contribution in [2.24, 2.45) is 0 Å². The number of nitrogens with one attached hydrogen (secondary N) is 1. The summed E-state index contributed by atoms with van der Waals surface area (Å²) in [6, 6.07) is 3.52. The average Bonchev–Trinajstić information content (AvgIpc) is 3.24. The number of nitrogens with zero attached hydrogens (tertiary/aromatic N) is 2. The van der Waals surface area contributed by atoms with E-state index in [4.69, 9.17) is 0 Å². The van der Waals surface area contributed by atoms with Gasteiger partial charge in [0, 0.05) is 24.4 Å². The van der Waals surface area contributed by atoms with Gasteiger partial charge >= 0.3 is 6.18 Å². The van der Waals surface area contributed by atoms with Crippen LogP contribution >= 0.6 is 0 Å². The lowest BCUT2D eigenvalue weighted by Gasteiger charge is -2.25. The molecule has 0 radical (unpaired) electrons. The van der Waals surface area contributed by atoms with Crippen molar-refractivity contribution in [3.05, 3.63) is 59.4 Å². The van der Waals surface area contributed by atoms with Crippen LogP contribution in [0.5, 0.6) is 0 Å². The molecule has 3 rings (SSSR count). The van der Waals surface area contributed by atoms with E-state index < -0.39 is 64.1 Å². The van der Waals surface area contributed by atoms with Crippen molar-refractivity contribution in [1.29, 1.82) is 0 Å². The summed E-state index contributed by atoms with van der Waals surface area (Å²) in [6.45, 7) is -0.0330. The Morgan fingerprint density at radius 1 is 1.16 bits per heavy atom. The minimum atomic E-state index is -4.67. The van der Waals surface area contributed by atoms with Crippen molar-refractivity contribution in [2.45, 2.75) is 49.3 Å². The van der Waals surface area contributed by atoms with Crippen LogP contribution in [0.1, 0.15) is 30.5 Å². The predicted octanol–water partition coefficient (Wildman–Crippen LogP) is 3.32. The maximum atomic E-state index is 13.7. The molecule has 0 saturated carbocycles. The second-order valence-electron chi connectivity index (χ2n) is 7.37. The van der Waals surface area contributed by atoms with E-state index in [-0.39, 0.29) is 11.3 Å². The average molecular weight is 477 g/mol. The number of aryl methyl sites for hydroxylation is 1. The molecular weight excluding hydrogens is 457 g/mol. The standard InChI is InChI=1S/C20H20F5N3O3S/c21-14-9-15(22)11-17(10-14)32(30,31)28(19(29)18-2-1-6-27-18)12-13-4-7-26-16(8-13)3-5-20(23,24)25/h4,7-11,18,27H,1-3,5-6,12H2. The van der Waals surface area contributed by atoms with Gasteiger partial charge in [0.25, 0.3) is 15.9 Å². The van der Waals surface area contributed by atoms with Crippen LogP contribution in [-0.2, 0) is 27.8 Å². The molecule has 1 atom stereocenters. The topological polar surface area (TPSA) is 79.4 Å². The Labute approximate surface area is 181 Å². The summed E-state index contributed by atoms with van der Waals surface area (Å²) in [4.78, 5) is 16.1. The zero-order valence-corrected chi connectivity index (χ0v) is 17.5. The zero-order chi connectivity index (χ0) is 23.5. The second kappa shape index (κ2) is 9.49. The maximum absolute atomic E-state index is 13.7. The first-order chi connectivity index (χ1) is 15.0. The summed E-state index contributed by atoms with van der Waals surface area (Å²) in [5, 5.41) is 2.88. The molecule has 1 aliphatic rings. The van der Waals surface area contributed by atoms with E-state index in [0.29, 0.717) is 41.9 Å². The van der Waals surface area contributed by atoms with E-state index in [2.05, 4.69) is 10.3 Å². The van der Waals surface area contributed by atoms with Gasteiger partial charge in [-0.2, -0.15) is 13.2 Å². The van der Waals surface area contributed by atoms with Gasteiger partial charge in [0.05, 0.1) is 17.5 Å². The lowest BCUT2D eigenvalue weighted by Crippen LogP contribution is -2.46. The molecule has 1 amide bonds. The number of amides is 1. The van der Waals surface area contributed by atoms with Gasteiger partial charge in [-0.1, -0.05) is 0 Å². The number of sulfonamides is 1. The molecule has 32 heavy (non-hydrogen) atoms. The number of carbonyl (C=O) groups is 1. The summed E-state index contributed by atoms with van der Waals surface area (Å²) in [7, 11) is -4.67. The van der Waals surface area contributed by atoms with Crippen LogP contribution < -0.4 is 5.32 Å². The largest absolute Gasteiger partial charge is 0.389 e. The smallest absolute Gasteiger partial charge is 0.306 e. The number of benzene rings is 1. The molecule has 1 aromatic carbocycles. The van der Waals surface area contributed by atoms with E-state index in [1.54, 1.807) is 0 Å². The Balaban J connectivity index is 1.94. The number of rotatable bonds is 7. The van der Waals surface area contributed by atoms with Crippen LogP contribution in [0.15, 0.2) is 41.4 Å². The summed E-state index contributed by atoms with van der Waals surface area (Å²) in [5.74, 6) is -3.08. The van der Waals surface area contributed by atoms with E-state index in [9.17, 15) is 35.2 Å². The van der Waals surface area contributed by atoms with E-state index >= 15 is 0 Å². The van der Waals surface area contributed by atoms with Crippen LogP contribution in [0.25, 0.3) is 0 Å². The number of alkyl halides is 3. The third-order valence-electron chi connectivity index (χ3n) is 4.90. The number of aromatic nitrogens is 1. The first kappa shape index (κ1) is 24.1. The van der Waals surface area contributed by atoms with E-state index in [1.807, 2.05) is 0 Å². The van der Waals surface area contributed by atoms with Crippen LogP contribution in [0.4, 0.5) is 22.0 Å². The van der Waals surface area contributed by atoms with Crippen molar-refractivity contribution in [3.8, 4) is 0 Å². The van der Waals surface area contributed by atoms with Gasteiger partial charge in [0.2, 0.25) is 0 Å². The quantitative estimate of drug-likeness (QED) is 0.619. The highest BCUT2D eigenvalue weighted by molar-refractivity contribution is 7.89. The molecule has 1 aromatic heterocycles. The number of hydrogen-bond acceptors (Lipinski definition) is 5. The Morgan fingerprint density at radius 2 is 1.84 bits per heavy atom. The molecule has 1 fully saturated rings. The molecule has 2 heterocycles. The SMILES string of the molecule is O=C(C1CCCN1)N(Cc1ccnc(CCC(F)(F)F)c1)S(=O)(=O)c1cc(F)cc(F)c1. The number of hydrogen-bond donors (Lipinski definition) is 1. The van der Waals surface area contributed by atoms with Gasteiger partial charge in [-0.05, 0) is 55.6 Å². The highest BCUT2D eigenvalue weighted by Crippen LogP contribution is 2.25. The fraction of sp³-hybridized carbons (Fsp3) is 0.400. The monoisotopic (exact) mass is 477 g/mol. The van der Waals surface area contributed by atoms with Gasteiger partial charge in [-0.3, -0.25) is 9.78 Å². The highest BCUT2D eigenvalue weighted by atomic mass is 32.2. The summed E-state index contributed by atoms with van der Waals surface area (Å²) >= 11 is 0. The number of carbonyl (C=O) groups excluding carboxylic acids is 1. The van der Waals surface area contributed by atoms with Gasteiger partial charge in [0.1, 0.15) is 11.6 Å². The third-order valence-corrected chi connectivity index (χ3v) is 6.62. The molecule has 1 saturated heterocycles. The van der Waals surface area contributed by atoms with Crippen LogP contribution in [0, 0.1) is 11.6 Å². The number of pyridine rings is 1. The van der Waals surface area contributed by atoms with Crippen molar-refractivity contribution in [1.82, 2.24) is 14.6 Å². The molecule has 1 aliphatic heterocycles. The van der Waals surface area contributed by atoms with Crippen LogP contribution in [0.2, 0.25) is 0 Å². The minimum Gasteiger partial charge on any atom is -0.306 e. The zero-order valence-electron chi connectivity index (χ0n) is 16.7. The maximum Gasteiger partial charge on any atom is 0.389 e. The molecule has 12 heteroatoms. The summed E-state index contributed by atoms with van der Waals surface area (Å²) in [5.41, 5.74) is 0.282. The molecule has 1 unspecified atom stereocenters. The fourth-order valence-electron chi connectivity index (χ4n) is 3.35. The minimum absolute atomic E-state index is 0.0698. The van der Waals surface area contributed by atoms with Crippen molar-refractivity contribution < 1.29 is 35.2 Å². The van der Waals surface area contributed by atoms with Gasteiger partial charge in [-0.25, -0.2) is 21.5 Å². The van der Waals surface area contributed by atoms with E-state index in [0.717, 1.165) is 0 Å². The molecule has 0 spiro atoms. The fourth-order valence-corrected chi connectivity index (χ4v) is 4.81. The normalized spacial score (nSPS) is 16.8. The Kier molecular flexibility index (Phi) is 7.13. The lowest BCUT2D eigenvalue weighted by atomic mass is 10.1. The molecule has 0 bridgehead atoms. The summed E-state index contributed by atoms with van der Waals surface area (Å²) in [6.07, 6.45) is -3.70. The first-order valence-corrected chi connectivity index (χ1v) is 11.2. The molecule has 174 valence electrons. The van der Waals surface area contributed by atoms with Crippen molar-refractivity contribution in [2.75, 3.05) is 6.54 Å². The molecular formula is C20H20F5N3O3S. The first-order valence-electron chi connectivity index (χ1n) is 9.72.